The van der Waals surface area contributed by atoms with E-state index in [2.05, 4.69) is 9.97 Å². The Morgan fingerprint density at radius 2 is 2.06 bits per heavy atom. The molecule has 4 heteroatoms. The maximum Gasteiger partial charge on any atom is 0.160 e. The van der Waals surface area contributed by atoms with Crippen molar-refractivity contribution >= 4 is 11.2 Å². The lowest BCUT2D eigenvalue weighted by molar-refractivity contribution is 0.476. The van der Waals surface area contributed by atoms with Gasteiger partial charge in [-0.1, -0.05) is 11.6 Å². The molecule has 0 saturated heterocycles. The van der Waals surface area contributed by atoms with Gasteiger partial charge in [0, 0.05) is 13.2 Å². The third-order valence-corrected chi connectivity index (χ3v) is 3.02. The summed E-state index contributed by atoms with van der Waals surface area (Å²) in [5.41, 5.74) is 3.46. The van der Waals surface area contributed by atoms with E-state index in [4.69, 9.17) is 0 Å². The van der Waals surface area contributed by atoms with E-state index < -0.39 is 0 Å². The maximum absolute atomic E-state index is 9.96. The maximum atomic E-state index is 9.96. The second-order valence-corrected chi connectivity index (χ2v) is 4.36. The highest BCUT2D eigenvalue weighted by Crippen LogP contribution is 2.30. The topological polar surface area (TPSA) is 50.9 Å². The van der Waals surface area contributed by atoms with Gasteiger partial charge in [0.05, 0.1) is 5.56 Å². The van der Waals surface area contributed by atoms with E-state index in [9.17, 15) is 5.11 Å². The van der Waals surface area contributed by atoms with E-state index in [0.717, 1.165) is 28.1 Å². The molecule has 0 aliphatic carbocycles. The fourth-order valence-electron chi connectivity index (χ4n) is 2.09. The van der Waals surface area contributed by atoms with Crippen molar-refractivity contribution in [3.63, 3.8) is 0 Å². The summed E-state index contributed by atoms with van der Waals surface area (Å²) in [6.45, 7) is 1.99. The molecule has 90 valence electrons. The number of rotatable bonds is 1. The van der Waals surface area contributed by atoms with Gasteiger partial charge < -0.3 is 9.67 Å². The van der Waals surface area contributed by atoms with Crippen LogP contribution in [-0.2, 0) is 7.05 Å². The number of phenolic OH excluding ortho intramolecular Hbond substituents is 1. The SMILES string of the molecule is Cc1ccc(O)c(-c2nc3cccnc3n2C)c1. The molecular weight excluding hydrogens is 226 g/mol. The zero-order valence-electron chi connectivity index (χ0n) is 10.3. The van der Waals surface area contributed by atoms with E-state index >= 15 is 0 Å². The van der Waals surface area contributed by atoms with Gasteiger partial charge in [-0.2, -0.15) is 0 Å². The molecule has 18 heavy (non-hydrogen) atoms. The third kappa shape index (κ3) is 1.54. The molecule has 1 N–H and O–H groups in total. The van der Waals surface area contributed by atoms with E-state index in [1.807, 2.05) is 42.8 Å². The highest BCUT2D eigenvalue weighted by atomic mass is 16.3. The summed E-state index contributed by atoms with van der Waals surface area (Å²) in [5.74, 6) is 0.962. The molecule has 0 fully saturated rings. The van der Waals surface area contributed by atoms with Gasteiger partial charge in [0.25, 0.3) is 0 Å². The molecule has 0 amide bonds. The first-order valence-corrected chi connectivity index (χ1v) is 5.74. The highest BCUT2D eigenvalue weighted by Gasteiger charge is 2.13. The van der Waals surface area contributed by atoms with Gasteiger partial charge in [-0.15, -0.1) is 0 Å². The number of nitrogens with zero attached hydrogens (tertiary/aromatic N) is 3. The Bertz CT molecular complexity index is 731. The van der Waals surface area contributed by atoms with E-state index in [0.29, 0.717) is 0 Å². The Kier molecular flexibility index (Phi) is 2.30. The van der Waals surface area contributed by atoms with Crippen LogP contribution >= 0.6 is 0 Å². The number of aryl methyl sites for hydroxylation is 2. The number of phenols is 1. The lowest BCUT2D eigenvalue weighted by Crippen LogP contribution is -1.94. The number of aromatic hydroxyl groups is 1. The van der Waals surface area contributed by atoms with Crippen molar-refractivity contribution in [2.24, 2.45) is 7.05 Å². The standard InChI is InChI=1S/C14H13N3O/c1-9-5-6-12(18)10(8-9)13-16-11-4-3-7-15-14(11)17(13)2/h3-8,18H,1-2H3. The number of fused-ring (bicyclic) bond motifs is 1. The Hall–Kier alpha value is -2.36. The van der Waals surface area contributed by atoms with Crippen LogP contribution in [0.3, 0.4) is 0 Å². The molecule has 3 aromatic rings. The lowest BCUT2D eigenvalue weighted by Gasteiger charge is -2.05. The Morgan fingerprint density at radius 3 is 2.83 bits per heavy atom. The number of imidazole rings is 1. The summed E-state index contributed by atoms with van der Waals surface area (Å²) in [7, 11) is 1.90. The molecule has 0 spiro atoms. The normalized spacial score (nSPS) is 11.0. The summed E-state index contributed by atoms with van der Waals surface area (Å²) in [4.78, 5) is 8.82. The van der Waals surface area contributed by atoms with Crippen LogP contribution in [0.25, 0.3) is 22.6 Å². The Labute approximate surface area is 105 Å². The van der Waals surface area contributed by atoms with Crippen molar-refractivity contribution in [3.05, 3.63) is 42.1 Å². The third-order valence-electron chi connectivity index (χ3n) is 3.02. The summed E-state index contributed by atoms with van der Waals surface area (Å²) in [6.07, 6.45) is 1.74. The monoisotopic (exact) mass is 239 g/mol. The Balaban J connectivity index is 2.31. The first-order chi connectivity index (χ1) is 8.66. The largest absolute Gasteiger partial charge is 0.507 e. The van der Waals surface area contributed by atoms with Crippen molar-refractivity contribution in [2.45, 2.75) is 6.92 Å². The molecule has 3 rings (SSSR count). The molecule has 0 radical (unpaired) electrons. The average molecular weight is 239 g/mol. The van der Waals surface area contributed by atoms with Crippen LogP contribution in [0, 0.1) is 6.92 Å². The average Bonchev–Trinajstić information content (AvgIpc) is 2.71. The molecule has 2 aromatic heterocycles. The minimum atomic E-state index is 0.235. The summed E-state index contributed by atoms with van der Waals surface area (Å²) in [6, 6.07) is 9.27. The zero-order chi connectivity index (χ0) is 12.7. The molecule has 0 aliphatic heterocycles. The predicted molar refractivity (Wildman–Crippen MR) is 70.3 cm³/mol. The number of aromatic nitrogens is 3. The molecule has 0 atom stereocenters. The molecule has 1 aromatic carbocycles. The van der Waals surface area contributed by atoms with Crippen LogP contribution in [-0.4, -0.2) is 19.6 Å². The van der Waals surface area contributed by atoms with Gasteiger partial charge in [-0.25, -0.2) is 9.97 Å². The lowest BCUT2D eigenvalue weighted by atomic mass is 10.1. The van der Waals surface area contributed by atoms with Crippen molar-refractivity contribution in [1.29, 1.82) is 0 Å². The first kappa shape index (κ1) is 10.8. The molecule has 0 saturated carbocycles. The molecule has 0 aliphatic rings. The second-order valence-electron chi connectivity index (χ2n) is 4.36. The van der Waals surface area contributed by atoms with Gasteiger partial charge in [-0.3, -0.25) is 0 Å². The van der Waals surface area contributed by atoms with Crippen molar-refractivity contribution in [1.82, 2.24) is 14.5 Å². The highest BCUT2D eigenvalue weighted by molar-refractivity contribution is 5.78. The summed E-state index contributed by atoms with van der Waals surface area (Å²) >= 11 is 0. The van der Waals surface area contributed by atoms with Gasteiger partial charge in [0.2, 0.25) is 0 Å². The van der Waals surface area contributed by atoms with Gasteiger partial charge in [0.1, 0.15) is 17.1 Å². The van der Waals surface area contributed by atoms with Crippen LogP contribution < -0.4 is 0 Å². The van der Waals surface area contributed by atoms with E-state index in [1.165, 1.54) is 0 Å². The number of hydrogen-bond acceptors (Lipinski definition) is 3. The number of pyridine rings is 1. The van der Waals surface area contributed by atoms with Crippen LogP contribution in [0.5, 0.6) is 5.75 Å². The summed E-state index contributed by atoms with van der Waals surface area (Å²) in [5, 5.41) is 9.96. The predicted octanol–water partition coefficient (Wildman–Crippen LogP) is 2.65. The molecule has 4 nitrogen and oxygen atoms in total. The Morgan fingerprint density at radius 1 is 1.22 bits per heavy atom. The second kappa shape index (κ2) is 3.84. The minimum absolute atomic E-state index is 0.235. The van der Waals surface area contributed by atoms with Crippen LogP contribution in [0.1, 0.15) is 5.56 Å². The minimum Gasteiger partial charge on any atom is -0.507 e. The fraction of sp³-hybridized carbons (Fsp3) is 0.143. The van der Waals surface area contributed by atoms with Crippen molar-refractivity contribution in [2.75, 3.05) is 0 Å². The zero-order valence-corrected chi connectivity index (χ0v) is 10.3. The smallest absolute Gasteiger partial charge is 0.160 e. The summed E-state index contributed by atoms with van der Waals surface area (Å²) < 4.78 is 1.89. The van der Waals surface area contributed by atoms with Crippen LogP contribution in [0.4, 0.5) is 0 Å². The molecule has 2 heterocycles. The van der Waals surface area contributed by atoms with Crippen LogP contribution in [0.15, 0.2) is 36.5 Å². The number of benzene rings is 1. The van der Waals surface area contributed by atoms with E-state index in [1.54, 1.807) is 12.3 Å². The first-order valence-electron chi connectivity index (χ1n) is 5.74. The van der Waals surface area contributed by atoms with Gasteiger partial charge in [0.15, 0.2) is 5.65 Å². The van der Waals surface area contributed by atoms with Gasteiger partial charge in [-0.05, 0) is 31.2 Å². The van der Waals surface area contributed by atoms with Gasteiger partial charge >= 0.3 is 0 Å². The van der Waals surface area contributed by atoms with Crippen LogP contribution in [0.2, 0.25) is 0 Å². The molecular formula is C14H13N3O. The molecule has 0 bridgehead atoms. The quantitative estimate of drug-likeness (QED) is 0.710. The fourth-order valence-corrected chi connectivity index (χ4v) is 2.09. The van der Waals surface area contributed by atoms with Crippen molar-refractivity contribution < 1.29 is 5.11 Å². The molecule has 0 unspecified atom stereocenters. The number of hydrogen-bond donors (Lipinski definition) is 1. The van der Waals surface area contributed by atoms with Crippen molar-refractivity contribution in [3.8, 4) is 17.1 Å². The van der Waals surface area contributed by atoms with E-state index in [-0.39, 0.29) is 5.75 Å².